The van der Waals surface area contributed by atoms with E-state index in [1.807, 2.05) is 0 Å². The van der Waals surface area contributed by atoms with Crippen molar-refractivity contribution in [3.63, 3.8) is 0 Å². The maximum Gasteiger partial charge on any atom is 0.339 e. The summed E-state index contributed by atoms with van der Waals surface area (Å²) in [7, 11) is 1.18. The molecule has 1 aromatic rings. The summed E-state index contributed by atoms with van der Waals surface area (Å²) in [4.78, 5) is 11.2. The second kappa shape index (κ2) is 5.46. The molecule has 0 aromatic heterocycles. The van der Waals surface area contributed by atoms with Crippen LogP contribution in [0.25, 0.3) is 0 Å². The second-order valence-corrected chi connectivity index (χ2v) is 4.66. The van der Waals surface area contributed by atoms with Crippen molar-refractivity contribution in [2.75, 3.05) is 19.0 Å². The van der Waals surface area contributed by atoms with E-state index in [0.29, 0.717) is 4.47 Å². The van der Waals surface area contributed by atoms with Crippen LogP contribution in [0, 0.1) is 5.82 Å². The minimum atomic E-state index is -1.70. The van der Waals surface area contributed by atoms with Gasteiger partial charge in [-0.3, -0.25) is 0 Å². The predicted molar refractivity (Wildman–Crippen MR) is 65.2 cm³/mol. The third-order valence-corrected chi connectivity index (χ3v) is 2.67. The first kappa shape index (κ1) is 13.9. The van der Waals surface area contributed by atoms with Gasteiger partial charge in [-0.2, -0.15) is 0 Å². The number of aliphatic hydroxyl groups is 1. The highest BCUT2D eigenvalue weighted by Crippen LogP contribution is 2.20. The van der Waals surface area contributed by atoms with E-state index >= 15 is 0 Å². The summed E-state index contributed by atoms with van der Waals surface area (Å²) < 4.78 is 18.5. The molecule has 0 aliphatic carbocycles. The number of halogens is 2. The molecule has 0 spiro atoms. The number of anilines is 1. The molecule has 2 N–H and O–H groups in total. The zero-order chi connectivity index (χ0) is 13.1. The van der Waals surface area contributed by atoms with Crippen LogP contribution in [0.15, 0.2) is 22.7 Å². The van der Waals surface area contributed by atoms with Crippen LogP contribution in [0.5, 0.6) is 0 Å². The lowest BCUT2D eigenvalue weighted by Crippen LogP contribution is -2.42. The van der Waals surface area contributed by atoms with Crippen LogP contribution >= 0.6 is 15.9 Å². The van der Waals surface area contributed by atoms with Gasteiger partial charge in [0.2, 0.25) is 0 Å². The normalized spacial score (nSPS) is 13.9. The lowest BCUT2D eigenvalue weighted by Gasteiger charge is -2.21. The van der Waals surface area contributed by atoms with E-state index in [4.69, 9.17) is 0 Å². The highest BCUT2D eigenvalue weighted by molar-refractivity contribution is 9.10. The molecular weight excluding hydrogens is 293 g/mol. The minimum Gasteiger partial charge on any atom is -0.467 e. The average Bonchev–Trinajstić information content (AvgIpc) is 2.26. The first-order valence-electron chi connectivity index (χ1n) is 4.86. The van der Waals surface area contributed by atoms with E-state index in [1.54, 1.807) is 6.07 Å². The van der Waals surface area contributed by atoms with Crippen LogP contribution in [-0.2, 0) is 9.53 Å². The monoisotopic (exact) mass is 305 g/mol. The molecular formula is C11H13BrFNO3. The lowest BCUT2D eigenvalue weighted by atomic mass is 10.1. The van der Waals surface area contributed by atoms with Gasteiger partial charge in [0.1, 0.15) is 5.82 Å². The molecule has 6 heteroatoms. The van der Waals surface area contributed by atoms with Crippen LogP contribution in [0.1, 0.15) is 6.92 Å². The summed E-state index contributed by atoms with van der Waals surface area (Å²) in [6.07, 6.45) is 0. The Labute approximate surface area is 107 Å². The van der Waals surface area contributed by atoms with Crippen LogP contribution in [0.3, 0.4) is 0 Å². The number of carbonyl (C=O) groups is 1. The van der Waals surface area contributed by atoms with Crippen molar-refractivity contribution in [3.8, 4) is 0 Å². The molecule has 17 heavy (non-hydrogen) atoms. The van der Waals surface area contributed by atoms with E-state index in [-0.39, 0.29) is 12.2 Å². The molecule has 0 aliphatic heterocycles. The minimum absolute atomic E-state index is 0.141. The number of ether oxygens (including phenoxy) is 1. The van der Waals surface area contributed by atoms with Crippen LogP contribution in [-0.4, -0.2) is 30.3 Å². The zero-order valence-electron chi connectivity index (χ0n) is 9.46. The third kappa shape index (κ3) is 3.67. The summed E-state index contributed by atoms with van der Waals surface area (Å²) in [5, 5.41) is 12.4. The fraction of sp³-hybridized carbons (Fsp3) is 0.364. The van der Waals surface area contributed by atoms with Gasteiger partial charge in [-0.25, -0.2) is 9.18 Å². The Hall–Kier alpha value is -1.14. The molecule has 1 unspecified atom stereocenters. The molecule has 1 atom stereocenters. The number of benzene rings is 1. The molecule has 0 radical (unpaired) electrons. The summed E-state index contributed by atoms with van der Waals surface area (Å²) in [6, 6.07) is 4.44. The number of hydrogen-bond acceptors (Lipinski definition) is 4. The van der Waals surface area contributed by atoms with E-state index in [1.165, 1.54) is 26.2 Å². The van der Waals surface area contributed by atoms with Gasteiger partial charge in [-0.1, -0.05) is 15.9 Å². The zero-order valence-corrected chi connectivity index (χ0v) is 11.0. The summed E-state index contributed by atoms with van der Waals surface area (Å²) in [6.45, 7) is 1.15. The highest BCUT2D eigenvalue weighted by Gasteiger charge is 2.31. The predicted octanol–water partition coefficient (Wildman–Crippen LogP) is 1.92. The fourth-order valence-corrected chi connectivity index (χ4v) is 1.53. The van der Waals surface area contributed by atoms with Gasteiger partial charge in [0.25, 0.3) is 0 Å². The maximum atomic E-state index is 13.4. The fourth-order valence-electron chi connectivity index (χ4n) is 1.19. The van der Waals surface area contributed by atoms with E-state index in [2.05, 4.69) is 26.0 Å². The number of hydrogen-bond donors (Lipinski definition) is 2. The summed E-state index contributed by atoms with van der Waals surface area (Å²) in [5.41, 5.74) is -1.49. The van der Waals surface area contributed by atoms with E-state index < -0.39 is 17.4 Å². The molecule has 0 saturated carbocycles. The topological polar surface area (TPSA) is 58.6 Å². The van der Waals surface area contributed by atoms with Gasteiger partial charge < -0.3 is 15.2 Å². The first-order valence-corrected chi connectivity index (χ1v) is 5.66. The van der Waals surface area contributed by atoms with Gasteiger partial charge >= 0.3 is 5.97 Å². The van der Waals surface area contributed by atoms with Crippen molar-refractivity contribution in [2.45, 2.75) is 12.5 Å². The van der Waals surface area contributed by atoms with E-state index in [0.717, 1.165) is 0 Å². The van der Waals surface area contributed by atoms with Gasteiger partial charge in [-0.15, -0.1) is 0 Å². The lowest BCUT2D eigenvalue weighted by molar-refractivity contribution is -0.158. The van der Waals surface area contributed by atoms with Crippen molar-refractivity contribution in [2.24, 2.45) is 0 Å². The summed E-state index contributed by atoms with van der Waals surface area (Å²) in [5.74, 6) is -1.25. The summed E-state index contributed by atoms with van der Waals surface area (Å²) >= 11 is 3.13. The Morgan fingerprint density at radius 2 is 2.29 bits per heavy atom. The van der Waals surface area contributed by atoms with Crippen molar-refractivity contribution < 1.29 is 19.0 Å². The molecule has 0 fully saturated rings. The molecule has 94 valence electrons. The van der Waals surface area contributed by atoms with Gasteiger partial charge in [-0.05, 0) is 25.1 Å². The Balaban J connectivity index is 2.70. The van der Waals surface area contributed by atoms with Crippen molar-refractivity contribution in [1.29, 1.82) is 0 Å². The van der Waals surface area contributed by atoms with E-state index in [9.17, 15) is 14.3 Å². The molecule has 0 heterocycles. The van der Waals surface area contributed by atoms with Gasteiger partial charge in [0, 0.05) is 4.47 Å². The van der Waals surface area contributed by atoms with Crippen LogP contribution in [0.4, 0.5) is 10.1 Å². The second-order valence-electron chi connectivity index (χ2n) is 3.74. The van der Waals surface area contributed by atoms with Crippen LogP contribution < -0.4 is 5.32 Å². The molecule has 1 rings (SSSR count). The van der Waals surface area contributed by atoms with Crippen molar-refractivity contribution >= 4 is 27.6 Å². The Bertz CT molecular complexity index is 423. The number of carbonyl (C=O) groups excluding carboxylic acids is 1. The molecule has 0 saturated heterocycles. The first-order chi connectivity index (χ1) is 7.86. The van der Waals surface area contributed by atoms with Crippen molar-refractivity contribution in [1.82, 2.24) is 0 Å². The van der Waals surface area contributed by atoms with Crippen LogP contribution in [0.2, 0.25) is 0 Å². The number of rotatable bonds is 4. The highest BCUT2D eigenvalue weighted by atomic mass is 79.9. The molecule has 4 nitrogen and oxygen atoms in total. The van der Waals surface area contributed by atoms with Gasteiger partial charge in [0.05, 0.1) is 19.3 Å². The largest absolute Gasteiger partial charge is 0.467 e. The van der Waals surface area contributed by atoms with Crippen molar-refractivity contribution in [3.05, 3.63) is 28.5 Å². The third-order valence-electron chi connectivity index (χ3n) is 2.18. The molecule has 0 bridgehead atoms. The molecule has 0 amide bonds. The Morgan fingerprint density at radius 1 is 1.65 bits per heavy atom. The molecule has 1 aromatic carbocycles. The number of methoxy groups -OCH3 is 1. The SMILES string of the molecule is COC(=O)C(C)(O)CNc1ccc(Br)cc1F. The maximum absolute atomic E-state index is 13.4. The average molecular weight is 306 g/mol. The molecule has 0 aliphatic rings. The Morgan fingerprint density at radius 3 is 2.82 bits per heavy atom. The standard InChI is InChI=1S/C11H13BrFNO3/c1-11(16,10(15)17-2)6-14-9-4-3-7(12)5-8(9)13/h3-5,14,16H,6H2,1-2H3. The Kier molecular flexibility index (Phi) is 4.47. The quantitative estimate of drug-likeness (QED) is 0.835. The smallest absolute Gasteiger partial charge is 0.339 e. The number of esters is 1. The van der Waals surface area contributed by atoms with Gasteiger partial charge in [0.15, 0.2) is 5.60 Å². The number of nitrogens with one attached hydrogen (secondary N) is 1.